The molecule has 1 fully saturated rings. The lowest BCUT2D eigenvalue weighted by Gasteiger charge is -2.33. The van der Waals surface area contributed by atoms with Crippen molar-refractivity contribution >= 4 is 14.1 Å². The maximum Gasteiger partial charge on any atom is 0.184 e. The van der Waals surface area contributed by atoms with Crippen molar-refractivity contribution in [1.82, 2.24) is 0 Å². The highest BCUT2D eigenvalue weighted by molar-refractivity contribution is 6.69. The van der Waals surface area contributed by atoms with Gasteiger partial charge in [-0.2, -0.15) is 0 Å². The molecule has 1 atom stereocenters. The molecule has 0 saturated heterocycles. The summed E-state index contributed by atoms with van der Waals surface area (Å²) in [5.41, 5.74) is 0. The summed E-state index contributed by atoms with van der Waals surface area (Å²) < 4.78 is 6.12. The van der Waals surface area contributed by atoms with Crippen LogP contribution in [0.15, 0.2) is 0 Å². The molecule has 0 heterocycles. The molecule has 0 aromatic rings. The third-order valence-corrected chi connectivity index (χ3v) is 4.19. The van der Waals surface area contributed by atoms with E-state index in [1.54, 1.807) is 0 Å². The highest BCUT2D eigenvalue weighted by Crippen LogP contribution is 2.30. The Bertz CT molecular complexity index is 227. The number of hydrogen-bond acceptors (Lipinski definition) is 2. The number of carbonyl (C=O) groups is 1. The lowest BCUT2D eigenvalue weighted by Crippen LogP contribution is -2.41. The molecule has 0 spiro atoms. The number of Topliss-reactive ketones (excluding diaryl/α,β-unsaturated/α-hetero) is 1. The number of ketones is 1. The summed E-state index contributed by atoms with van der Waals surface area (Å²) in [5.74, 6) is 0.808. The van der Waals surface area contributed by atoms with Crippen molar-refractivity contribution in [1.29, 1.82) is 0 Å². The van der Waals surface area contributed by atoms with E-state index in [2.05, 4.69) is 19.6 Å². The van der Waals surface area contributed by atoms with Crippen LogP contribution in [-0.2, 0) is 9.22 Å². The summed E-state index contributed by atoms with van der Waals surface area (Å²) in [6.45, 7) is 8.47. The van der Waals surface area contributed by atoms with Gasteiger partial charge in [-0.3, -0.25) is 4.79 Å². The van der Waals surface area contributed by atoms with Crippen molar-refractivity contribution in [2.45, 2.75) is 71.2 Å². The zero-order valence-corrected chi connectivity index (χ0v) is 12.2. The van der Waals surface area contributed by atoms with Crippen LogP contribution in [0.5, 0.6) is 0 Å². The Labute approximate surface area is 101 Å². The summed E-state index contributed by atoms with van der Waals surface area (Å²) in [6, 6.07) is 0. The fraction of sp³-hybridized carbons (Fsp3) is 0.923. The van der Waals surface area contributed by atoms with E-state index in [-0.39, 0.29) is 6.10 Å². The molecule has 1 aliphatic carbocycles. The number of hydrogen-bond donors (Lipinski definition) is 0. The van der Waals surface area contributed by atoms with Gasteiger partial charge < -0.3 is 4.43 Å². The van der Waals surface area contributed by atoms with Gasteiger partial charge in [0.15, 0.2) is 14.1 Å². The van der Waals surface area contributed by atoms with Crippen LogP contribution < -0.4 is 0 Å². The van der Waals surface area contributed by atoms with Crippen LogP contribution in [0.1, 0.15) is 45.4 Å². The Morgan fingerprint density at radius 3 is 2.25 bits per heavy atom. The third-order valence-electron chi connectivity index (χ3n) is 3.22. The Morgan fingerprint density at radius 2 is 1.81 bits per heavy atom. The Hall–Kier alpha value is -0.153. The van der Waals surface area contributed by atoms with Crippen LogP contribution in [0.3, 0.4) is 0 Å². The first-order chi connectivity index (χ1) is 7.44. The highest BCUT2D eigenvalue weighted by atomic mass is 28.4. The van der Waals surface area contributed by atoms with Crippen molar-refractivity contribution in [3.63, 3.8) is 0 Å². The SMILES string of the molecule is CCC(=O)C(O[Si](C)(C)C)C1CCCCC1. The monoisotopic (exact) mass is 242 g/mol. The molecule has 0 bridgehead atoms. The summed E-state index contributed by atoms with van der Waals surface area (Å²) in [4.78, 5) is 12.0. The van der Waals surface area contributed by atoms with E-state index < -0.39 is 8.32 Å². The molecule has 1 unspecified atom stereocenters. The molecule has 1 rings (SSSR count). The van der Waals surface area contributed by atoms with Gasteiger partial charge in [0.2, 0.25) is 0 Å². The minimum Gasteiger partial charge on any atom is -0.407 e. The van der Waals surface area contributed by atoms with Crippen LogP contribution in [0.4, 0.5) is 0 Å². The molecule has 16 heavy (non-hydrogen) atoms. The maximum atomic E-state index is 12.0. The van der Waals surface area contributed by atoms with E-state index in [9.17, 15) is 4.79 Å². The average molecular weight is 242 g/mol. The third kappa shape index (κ3) is 4.38. The van der Waals surface area contributed by atoms with Gasteiger partial charge in [-0.1, -0.05) is 26.2 Å². The van der Waals surface area contributed by atoms with Gasteiger partial charge in [-0.15, -0.1) is 0 Å². The van der Waals surface area contributed by atoms with Gasteiger partial charge in [-0.25, -0.2) is 0 Å². The fourth-order valence-electron chi connectivity index (χ4n) is 2.44. The molecular formula is C13H26O2Si. The minimum atomic E-state index is -1.60. The lowest BCUT2D eigenvalue weighted by molar-refractivity contribution is -0.128. The molecule has 3 heteroatoms. The summed E-state index contributed by atoms with van der Waals surface area (Å²) in [7, 11) is -1.60. The van der Waals surface area contributed by atoms with Gasteiger partial charge in [0.25, 0.3) is 0 Å². The molecular weight excluding hydrogens is 216 g/mol. The Morgan fingerprint density at radius 1 is 1.25 bits per heavy atom. The topological polar surface area (TPSA) is 26.3 Å². The molecule has 0 aromatic heterocycles. The first-order valence-corrected chi connectivity index (χ1v) is 10.1. The second kappa shape index (κ2) is 5.96. The van der Waals surface area contributed by atoms with Crippen molar-refractivity contribution in [3.05, 3.63) is 0 Å². The number of carbonyl (C=O) groups excluding carboxylic acids is 1. The van der Waals surface area contributed by atoms with E-state index in [1.165, 1.54) is 32.1 Å². The largest absolute Gasteiger partial charge is 0.407 e. The second-order valence-electron chi connectivity index (χ2n) is 5.87. The van der Waals surface area contributed by atoms with Gasteiger partial charge in [-0.05, 0) is 38.4 Å². The quantitative estimate of drug-likeness (QED) is 0.686. The van der Waals surface area contributed by atoms with Crippen LogP contribution in [0.2, 0.25) is 19.6 Å². The summed E-state index contributed by atoms with van der Waals surface area (Å²) in [6.07, 6.45) is 6.75. The van der Waals surface area contributed by atoms with E-state index in [1.807, 2.05) is 6.92 Å². The van der Waals surface area contributed by atoms with Crippen molar-refractivity contribution in [3.8, 4) is 0 Å². The molecule has 94 valence electrons. The molecule has 1 saturated carbocycles. The van der Waals surface area contributed by atoms with E-state index in [4.69, 9.17) is 4.43 Å². The fourth-order valence-corrected chi connectivity index (χ4v) is 3.53. The van der Waals surface area contributed by atoms with Crippen molar-refractivity contribution in [2.75, 3.05) is 0 Å². The predicted octanol–water partition coefficient (Wildman–Crippen LogP) is 3.77. The molecule has 1 aliphatic rings. The molecule has 0 aromatic carbocycles. The van der Waals surface area contributed by atoms with E-state index in [0.717, 1.165) is 0 Å². The smallest absolute Gasteiger partial charge is 0.184 e. The zero-order valence-electron chi connectivity index (χ0n) is 11.2. The Balaban J connectivity index is 2.65. The molecule has 0 amide bonds. The normalized spacial score (nSPS) is 20.8. The van der Waals surface area contributed by atoms with E-state index in [0.29, 0.717) is 18.1 Å². The van der Waals surface area contributed by atoms with Crippen LogP contribution >= 0.6 is 0 Å². The highest BCUT2D eigenvalue weighted by Gasteiger charge is 2.32. The van der Waals surface area contributed by atoms with E-state index >= 15 is 0 Å². The molecule has 0 N–H and O–H groups in total. The molecule has 2 nitrogen and oxygen atoms in total. The molecule has 0 aliphatic heterocycles. The predicted molar refractivity (Wildman–Crippen MR) is 70.1 cm³/mol. The Kier molecular flexibility index (Phi) is 5.19. The van der Waals surface area contributed by atoms with Gasteiger partial charge in [0.05, 0.1) is 0 Å². The number of rotatable bonds is 5. The lowest BCUT2D eigenvalue weighted by atomic mass is 9.83. The minimum absolute atomic E-state index is 0.100. The van der Waals surface area contributed by atoms with Crippen LogP contribution in [0, 0.1) is 5.92 Å². The summed E-state index contributed by atoms with van der Waals surface area (Å²) in [5, 5.41) is 0. The van der Waals surface area contributed by atoms with Crippen molar-refractivity contribution in [2.24, 2.45) is 5.92 Å². The van der Waals surface area contributed by atoms with Crippen LogP contribution in [-0.4, -0.2) is 20.2 Å². The maximum absolute atomic E-state index is 12.0. The average Bonchev–Trinajstić information content (AvgIpc) is 2.25. The summed E-state index contributed by atoms with van der Waals surface area (Å²) >= 11 is 0. The standard InChI is InChI=1S/C13H26O2Si/c1-5-12(14)13(15-16(2,3)4)11-9-7-6-8-10-11/h11,13H,5-10H2,1-4H3. The first-order valence-electron chi connectivity index (χ1n) is 6.64. The second-order valence-corrected chi connectivity index (χ2v) is 10.3. The van der Waals surface area contributed by atoms with Gasteiger partial charge in [0.1, 0.15) is 6.10 Å². The van der Waals surface area contributed by atoms with Gasteiger partial charge >= 0.3 is 0 Å². The van der Waals surface area contributed by atoms with Gasteiger partial charge in [0, 0.05) is 6.42 Å². The first kappa shape index (κ1) is 13.9. The zero-order chi connectivity index (χ0) is 12.2. The van der Waals surface area contributed by atoms with Crippen molar-refractivity contribution < 1.29 is 9.22 Å². The molecule has 0 radical (unpaired) electrons. The van der Waals surface area contributed by atoms with Crippen LogP contribution in [0.25, 0.3) is 0 Å².